The lowest BCUT2D eigenvalue weighted by atomic mass is 10.00. The number of esters is 1. The summed E-state index contributed by atoms with van der Waals surface area (Å²) < 4.78 is 17.4. The van der Waals surface area contributed by atoms with Gasteiger partial charge in [0.1, 0.15) is 0 Å². The summed E-state index contributed by atoms with van der Waals surface area (Å²) in [5.74, 6) is -0.0849. The average Bonchev–Trinajstić information content (AvgIpc) is 3.05. The van der Waals surface area contributed by atoms with Crippen molar-refractivity contribution in [1.82, 2.24) is 0 Å². The van der Waals surface area contributed by atoms with Gasteiger partial charge in [0.25, 0.3) is 0 Å². The van der Waals surface area contributed by atoms with Crippen LogP contribution in [0.5, 0.6) is 11.5 Å². The Morgan fingerprint density at radius 1 is 0.644 bits per heavy atom. The first-order chi connectivity index (χ1) is 22.0. The molecule has 0 aliphatic rings. The Kier molecular flexibility index (Phi) is 19.9. The van der Waals surface area contributed by atoms with Crippen LogP contribution in [0.25, 0.3) is 11.6 Å². The number of carbonyl (C=O) groups excluding carboxylic acids is 1. The molecule has 2 rings (SSSR count). The Bertz CT molecular complexity index is 1180. The lowest BCUT2D eigenvalue weighted by Gasteiger charge is -2.14. The highest BCUT2D eigenvalue weighted by Gasteiger charge is 2.10. The van der Waals surface area contributed by atoms with Crippen LogP contribution in [0.4, 0.5) is 0 Å². The van der Waals surface area contributed by atoms with Crippen molar-refractivity contribution in [1.29, 1.82) is 0 Å². The molecule has 0 bridgehead atoms. The molecule has 0 aliphatic heterocycles. The van der Waals surface area contributed by atoms with E-state index in [4.69, 9.17) is 14.2 Å². The lowest BCUT2D eigenvalue weighted by molar-refractivity contribution is -0.131. The quantitative estimate of drug-likeness (QED) is 0.0391. The third kappa shape index (κ3) is 16.4. The van der Waals surface area contributed by atoms with Crippen LogP contribution in [0.15, 0.2) is 54.6 Å². The molecule has 0 unspecified atom stereocenters. The van der Waals surface area contributed by atoms with E-state index in [-0.39, 0.29) is 0 Å². The summed E-state index contributed by atoms with van der Waals surface area (Å²) in [6, 6.07) is 12.8. The van der Waals surface area contributed by atoms with Gasteiger partial charge >= 0.3 is 11.9 Å². The van der Waals surface area contributed by atoms with E-state index in [9.17, 15) is 14.7 Å². The van der Waals surface area contributed by atoms with E-state index in [2.05, 4.69) is 13.8 Å². The average molecular weight is 621 g/mol. The third-order valence-electron chi connectivity index (χ3n) is 7.82. The van der Waals surface area contributed by atoms with E-state index in [1.54, 1.807) is 18.2 Å². The summed E-state index contributed by atoms with van der Waals surface area (Å²) in [7, 11) is 1.34. The first-order valence-corrected chi connectivity index (χ1v) is 17.2. The maximum Gasteiger partial charge on any atom is 0.337 e. The van der Waals surface area contributed by atoms with Crippen molar-refractivity contribution in [3.63, 3.8) is 0 Å². The molecule has 6 heteroatoms. The fourth-order valence-electron chi connectivity index (χ4n) is 5.19. The molecule has 2 aromatic carbocycles. The number of methoxy groups -OCH3 is 1. The number of unbranched alkanes of at least 4 members (excludes halogenated alkanes) is 14. The summed E-state index contributed by atoms with van der Waals surface area (Å²) in [6.07, 6.45) is 24.3. The Labute approximate surface area is 271 Å². The number of hydrogen-bond acceptors (Lipinski definition) is 5. The summed E-state index contributed by atoms with van der Waals surface area (Å²) in [4.78, 5) is 23.5. The minimum Gasteiger partial charge on any atom is -0.490 e. The second kappa shape index (κ2) is 23.8. The number of benzene rings is 2. The number of carboxylic acids is 1. The minimum absolute atomic E-state index is 0.392. The number of rotatable bonds is 25. The molecule has 6 nitrogen and oxygen atoms in total. The van der Waals surface area contributed by atoms with Gasteiger partial charge in [-0.15, -0.1) is 0 Å². The number of carboxylic acid groups (broad SMARTS) is 1. The molecule has 0 spiro atoms. The first kappa shape index (κ1) is 37.6. The molecule has 0 fully saturated rings. The highest BCUT2D eigenvalue weighted by Crippen LogP contribution is 2.31. The monoisotopic (exact) mass is 620 g/mol. The van der Waals surface area contributed by atoms with E-state index in [1.165, 1.54) is 90.2 Å². The SMILES string of the molecule is CCCCCCCCCCOc1ccc(/C=C(/C=CC(=O)O)c2cccc(C(=O)OC)c2)cc1OCCCCCCCCCC. The van der Waals surface area contributed by atoms with Crippen LogP contribution in [0.2, 0.25) is 0 Å². The van der Waals surface area contributed by atoms with Gasteiger partial charge < -0.3 is 19.3 Å². The Morgan fingerprint density at radius 2 is 1.18 bits per heavy atom. The number of allylic oxidation sites excluding steroid dienone is 2. The molecule has 0 heterocycles. The van der Waals surface area contributed by atoms with Crippen LogP contribution in [-0.2, 0) is 9.53 Å². The van der Waals surface area contributed by atoms with Crippen molar-refractivity contribution >= 4 is 23.6 Å². The maximum absolute atomic E-state index is 12.1. The zero-order valence-corrected chi connectivity index (χ0v) is 28.0. The van der Waals surface area contributed by atoms with Gasteiger partial charge in [-0.2, -0.15) is 0 Å². The van der Waals surface area contributed by atoms with Gasteiger partial charge in [-0.25, -0.2) is 9.59 Å². The normalized spacial score (nSPS) is 11.6. The summed E-state index contributed by atoms with van der Waals surface area (Å²) >= 11 is 0. The maximum atomic E-state index is 12.1. The van der Waals surface area contributed by atoms with Crippen LogP contribution in [0.3, 0.4) is 0 Å². The predicted molar refractivity (Wildman–Crippen MR) is 185 cm³/mol. The van der Waals surface area contributed by atoms with Gasteiger partial charge in [0.2, 0.25) is 0 Å². The second-order valence-electron chi connectivity index (χ2n) is 11.7. The molecular formula is C39H56O6. The molecule has 45 heavy (non-hydrogen) atoms. The number of carbonyl (C=O) groups is 2. The number of aliphatic carboxylic acids is 1. The van der Waals surface area contributed by atoms with Crippen molar-refractivity contribution < 1.29 is 28.9 Å². The highest BCUT2D eigenvalue weighted by atomic mass is 16.5. The summed E-state index contributed by atoms with van der Waals surface area (Å²) in [5.41, 5.74) is 2.58. The standard InChI is InChI=1S/C39H56O6/c1-4-6-8-10-12-14-16-18-27-44-36-25-23-32(30-37(36)45-28-19-17-15-13-11-9-7-5-2)29-34(24-26-38(40)41)33-21-20-22-35(31-33)39(42)43-3/h20-26,29-31H,4-19,27-28H2,1-3H3,(H,40,41)/b26-24?,34-29-. The van der Waals surface area contributed by atoms with Crippen molar-refractivity contribution in [2.24, 2.45) is 0 Å². The zero-order valence-electron chi connectivity index (χ0n) is 28.0. The van der Waals surface area contributed by atoms with Gasteiger partial charge in [-0.05, 0) is 66.0 Å². The van der Waals surface area contributed by atoms with Crippen LogP contribution in [-0.4, -0.2) is 37.4 Å². The molecule has 0 saturated heterocycles. The minimum atomic E-state index is -1.05. The third-order valence-corrected chi connectivity index (χ3v) is 7.82. The van der Waals surface area contributed by atoms with Crippen LogP contribution < -0.4 is 9.47 Å². The number of ether oxygens (including phenoxy) is 3. The van der Waals surface area contributed by atoms with Gasteiger partial charge in [0.05, 0.1) is 25.9 Å². The van der Waals surface area contributed by atoms with E-state index in [0.29, 0.717) is 35.7 Å². The van der Waals surface area contributed by atoms with Gasteiger partial charge in [0, 0.05) is 6.08 Å². The van der Waals surface area contributed by atoms with Crippen molar-refractivity contribution in [2.75, 3.05) is 20.3 Å². The van der Waals surface area contributed by atoms with Crippen LogP contribution in [0.1, 0.15) is 138 Å². The van der Waals surface area contributed by atoms with E-state index >= 15 is 0 Å². The molecule has 2 aromatic rings. The fourth-order valence-corrected chi connectivity index (χ4v) is 5.19. The molecule has 0 amide bonds. The van der Waals surface area contributed by atoms with Gasteiger partial charge in [-0.1, -0.05) is 122 Å². The molecule has 0 saturated carbocycles. The Morgan fingerprint density at radius 3 is 1.73 bits per heavy atom. The first-order valence-electron chi connectivity index (χ1n) is 17.2. The number of hydrogen-bond donors (Lipinski definition) is 1. The molecule has 0 aliphatic carbocycles. The highest BCUT2D eigenvalue weighted by molar-refractivity contribution is 5.95. The summed E-state index contributed by atoms with van der Waals surface area (Å²) in [6.45, 7) is 5.74. The van der Waals surface area contributed by atoms with Gasteiger partial charge in [-0.3, -0.25) is 0 Å². The Hall–Kier alpha value is -3.54. The molecule has 0 radical (unpaired) electrons. The Balaban J connectivity index is 2.16. The topological polar surface area (TPSA) is 82.1 Å². The fraction of sp³-hybridized carbons (Fsp3) is 0.538. The smallest absolute Gasteiger partial charge is 0.337 e. The molecule has 248 valence electrons. The predicted octanol–water partition coefficient (Wildman–Crippen LogP) is 10.7. The second-order valence-corrected chi connectivity index (χ2v) is 11.7. The molecule has 0 aromatic heterocycles. The summed E-state index contributed by atoms with van der Waals surface area (Å²) in [5, 5.41) is 9.31. The van der Waals surface area contributed by atoms with E-state index in [1.807, 2.05) is 30.3 Å². The van der Waals surface area contributed by atoms with Crippen LogP contribution in [0, 0.1) is 0 Å². The van der Waals surface area contributed by atoms with E-state index in [0.717, 1.165) is 43.1 Å². The molecule has 0 atom stereocenters. The molecule has 1 N–H and O–H groups in total. The van der Waals surface area contributed by atoms with Gasteiger partial charge in [0.15, 0.2) is 11.5 Å². The van der Waals surface area contributed by atoms with Crippen molar-refractivity contribution in [2.45, 2.75) is 117 Å². The largest absolute Gasteiger partial charge is 0.490 e. The molecular weight excluding hydrogens is 564 g/mol. The zero-order chi connectivity index (χ0) is 32.5. The lowest BCUT2D eigenvalue weighted by Crippen LogP contribution is -2.03. The van der Waals surface area contributed by atoms with Crippen molar-refractivity contribution in [3.05, 3.63) is 71.3 Å². The van der Waals surface area contributed by atoms with Crippen LogP contribution >= 0.6 is 0 Å². The van der Waals surface area contributed by atoms with E-state index < -0.39 is 11.9 Å². The van der Waals surface area contributed by atoms with Crippen molar-refractivity contribution in [3.8, 4) is 11.5 Å².